The van der Waals surface area contributed by atoms with Gasteiger partial charge in [0.1, 0.15) is 5.92 Å². The minimum Gasteiger partial charge on any atom is -0.325 e. The molecule has 1 unspecified atom stereocenters. The van der Waals surface area contributed by atoms with E-state index in [0.29, 0.717) is 6.42 Å². The molecule has 0 spiro atoms. The van der Waals surface area contributed by atoms with Crippen LogP contribution in [0.15, 0.2) is 24.3 Å². The first-order chi connectivity index (χ1) is 8.71. The number of hydrogen-bond acceptors (Lipinski definition) is 2. The summed E-state index contributed by atoms with van der Waals surface area (Å²) < 4.78 is 0. The number of aryl methyl sites for hydroxylation is 1. The molecule has 1 rings (SSSR count). The first kappa shape index (κ1) is 14.2. The van der Waals surface area contributed by atoms with Crippen LogP contribution in [0.1, 0.15) is 38.7 Å². The molecule has 0 aliphatic heterocycles. The Morgan fingerprint density at radius 1 is 1.33 bits per heavy atom. The number of rotatable bonds is 6. The molecule has 3 nitrogen and oxygen atoms in total. The number of nitrogens with zero attached hydrogens (tertiary/aromatic N) is 1. The highest BCUT2D eigenvalue weighted by molar-refractivity contribution is 5.94. The zero-order chi connectivity index (χ0) is 13.4. The maximum absolute atomic E-state index is 11.7. The minimum absolute atomic E-state index is 0.221. The highest BCUT2D eigenvalue weighted by Crippen LogP contribution is 2.13. The molecule has 1 N–H and O–H groups in total. The van der Waals surface area contributed by atoms with E-state index in [1.165, 1.54) is 18.4 Å². The standard InChI is InChI=1S/C15H20N2O/c1-3-5-6-12-7-9-14(10-8-12)17-15(18)13(4-2)11-16/h7-10,13H,3-6H2,1-2H3,(H,17,18). The highest BCUT2D eigenvalue weighted by Gasteiger charge is 2.15. The number of carbonyl (C=O) groups is 1. The molecule has 0 saturated carbocycles. The SMILES string of the molecule is CCCCc1ccc(NC(=O)C(C#N)CC)cc1. The van der Waals surface area contributed by atoms with Gasteiger partial charge in [-0.05, 0) is 37.0 Å². The number of carbonyl (C=O) groups excluding carboxylic acids is 1. The van der Waals surface area contributed by atoms with Crippen molar-refractivity contribution in [3.63, 3.8) is 0 Å². The molecule has 1 aromatic carbocycles. The van der Waals surface area contributed by atoms with E-state index in [0.717, 1.165) is 12.1 Å². The van der Waals surface area contributed by atoms with E-state index in [4.69, 9.17) is 5.26 Å². The third-order valence-corrected chi connectivity index (χ3v) is 2.92. The first-order valence-corrected chi connectivity index (χ1v) is 6.50. The number of nitriles is 1. The predicted molar refractivity (Wildman–Crippen MR) is 73.1 cm³/mol. The molecule has 1 atom stereocenters. The minimum atomic E-state index is -0.565. The Hall–Kier alpha value is -1.82. The summed E-state index contributed by atoms with van der Waals surface area (Å²) in [7, 11) is 0. The van der Waals surface area contributed by atoms with Crippen LogP contribution in [0.25, 0.3) is 0 Å². The average Bonchev–Trinajstić information content (AvgIpc) is 2.39. The van der Waals surface area contributed by atoms with Crippen molar-refractivity contribution >= 4 is 11.6 Å². The number of amides is 1. The molecular formula is C15H20N2O. The molecule has 96 valence electrons. The van der Waals surface area contributed by atoms with Crippen LogP contribution >= 0.6 is 0 Å². The van der Waals surface area contributed by atoms with Crippen molar-refractivity contribution in [1.29, 1.82) is 5.26 Å². The number of anilines is 1. The molecule has 1 aromatic rings. The monoisotopic (exact) mass is 244 g/mol. The Morgan fingerprint density at radius 3 is 2.50 bits per heavy atom. The second kappa shape index (κ2) is 7.50. The molecule has 0 aliphatic rings. The van der Waals surface area contributed by atoms with Gasteiger partial charge < -0.3 is 5.32 Å². The predicted octanol–water partition coefficient (Wildman–Crippen LogP) is 3.52. The third kappa shape index (κ3) is 4.21. The summed E-state index contributed by atoms with van der Waals surface area (Å²) in [4.78, 5) is 11.7. The van der Waals surface area contributed by atoms with E-state index in [2.05, 4.69) is 12.2 Å². The van der Waals surface area contributed by atoms with Crippen molar-refractivity contribution in [2.45, 2.75) is 39.5 Å². The Labute approximate surface area is 109 Å². The van der Waals surface area contributed by atoms with Crippen LogP contribution in [-0.2, 0) is 11.2 Å². The van der Waals surface area contributed by atoms with Crippen LogP contribution in [0.3, 0.4) is 0 Å². The first-order valence-electron chi connectivity index (χ1n) is 6.50. The summed E-state index contributed by atoms with van der Waals surface area (Å²) in [6.45, 7) is 4.00. The maximum atomic E-state index is 11.7. The van der Waals surface area contributed by atoms with Crippen molar-refractivity contribution in [3.05, 3.63) is 29.8 Å². The van der Waals surface area contributed by atoms with Crippen molar-refractivity contribution in [2.24, 2.45) is 5.92 Å². The summed E-state index contributed by atoms with van der Waals surface area (Å²) >= 11 is 0. The smallest absolute Gasteiger partial charge is 0.241 e. The number of benzene rings is 1. The molecule has 3 heteroatoms. The van der Waals surface area contributed by atoms with Gasteiger partial charge in [0, 0.05) is 5.69 Å². The molecule has 0 aliphatic carbocycles. The zero-order valence-corrected chi connectivity index (χ0v) is 11.1. The summed E-state index contributed by atoms with van der Waals surface area (Å²) in [5, 5.41) is 11.6. The summed E-state index contributed by atoms with van der Waals surface area (Å²) in [5.74, 6) is -0.786. The number of unbranched alkanes of at least 4 members (excludes halogenated alkanes) is 1. The average molecular weight is 244 g/mol. The molecule has 18 heavy (non-hydrogen) atoms. The molecule has 0 fully saturated rings. The second-order valence-corrected chi connectivity index (χ2v) is 4.38. The van der Waals surface area contributed by atoms with Gasteiger partial charge in [0.25, 0.3) is 0 Å². The fourth-order valence-electron chi connectivity index (χ4n) is 1.70. The second-order valence-electron chi connectivity index (χ2n) is 4.38. The van der Waals surface area contributed by atoms with Crippen molar-refractivity contribution in [1.82, 2.24) is 0 Å². The Bertz CT molecular complexity index is 417. The molecule has 0 saturated heterocycles. The van der Waals surface area contributed by atoms with Gasteiger partial charge in [0.2, 0.25) is 5.91 Å². The maximum Gasteiger partial charge on any atom is 0.241 e. The van der Waals surface area contributed by atoms with Crippen molar-refractivity contribution in [3.8, 4) is 6.07 Å². The lowest BCUT2D eigenvalue weighted by molar-refractivity contribution is -0.118. The Balaban J connectivity index is 2.58. The van der Waals surface area contributed by atoms with Crippen LogP contribution in [0.4, 0.5) is 5.69 Å². The Morgan fingerprint density at radius 2 is 2.00 bits per heavy atom. The summed E-state index contributed by atoms with van der Waals surface area (Å²) in [5.41, 5.74) is 2.04. The van der Waals surface area contributed by atoms with E-state index >= 15 is 0 Å². The molecular weight excluding hydrogens is 224 g/mol. The molecule has 0 bridgehead atoms. The highest BCUT2D eigenvalue weighted by atomic mass is 16.1. The quantitative estimate of drug-likeness (QED) is 0.832. The third-order valence-electron chi connectivity index (χ3n) is 2.92. The normalized spacial score (nSPS) is 11.6. The number of nitrogens with one attached hydrogen (secondary N) is 1. The topological polar surface area (TPSA) is 52.9 Å². The van der Waals surface area contributed by atoms with E-state index in [9.17, 15) is 4.79 Å². The summed E-state index contributed by atoms with van der Waals surface area (Å²) in [6, 6.07) is 9.84. The lowest BCUT2D eigenvalue weighted by atomic mass is 10.1. The fraction of sp³-hybridized carbons (Fsp3) is 0.467. The fourth-order valence-corrected chi connectivity index (χ4v) is 1.70. The van der Waals surface area contributed by atoms with Gasteiger partial charge in [-0.2, -0.15) is 5.26 Å². The Kier molecular flexibility index (Phi) is 5.93. The molecule has 0 heterocycles. The zero-order valence-electron chi connectivity index (χ0n) is 11.1. The van der Waals surface area contributed by atoms with Gasteiger partial charge in [-0.3, -0.25) is 4.79 Å². The van der Waals surface area contributed by atoms with Crippen LogP contribution < -0.4 is 5.32 Å². The largest absolute Gasteiger partial charge is 0.325 e. The van der Waals surface area contributed by atoms with E-state index in [1.807, 2.05) is 37.3 Å². The van der Waals surface area contributed by atoms with Crippen LogP contribution in [-0.4, -0.2) is 5.91 Å². The molecule has 0 radical (unpaired) electrons. The van der Waals surface area contributed by atoms with Gasteiger partial charge in [0.05, 0.1) is 6.07 Å². The van der Waals surface area contributed by atoms with Crippen LogP contribution in [0.5, 0.6) is 0 Å². The van der Waals surface area contributed by atoms with Gasteiger partial charge in [0.15, 0.2) is 0 Å². The van der Waals surface area contributed by atoms with E-state index < -0.39 is 5.92 Å². The number of hydrogen-bond donors (Lipinski definition) is 1. The molecule has 0 aromatic heterocycles. The van der Waals surface area contributed by atoms with Crippen LogP contribution in [0.2, 0.25) is 0 Å². The lowest BCUT2D eigenvalue weighted by Gasteiger charge is -2.08. The van der Waals surface area contributed by atoms with Crippen molar-refractivity contribution < 1.29 is 4.79 Å². The lowest BCUT2D eigenvalue weighted by Crippen LogP contribution is -2.20. The van der Waals surface area contributed by atoms with Gasteiger partial charge >= 0.3 is 0 Å². The van der Waals surface area contributed by atoms with Crippen molar-refractivity contribution in [2.75, 3.05) is 5.32 Å². The van der Waals surface area contributed by atoms with Gasteiger partial charge in [-0.1, -0.05) is 32.4 Å². The van der Waals surface area contributed by atoms with E-state index in [-0.39, 0.29) is 5.91 Å². The van der Waals surface area contributed by atoms with E-state index in [1.54, 1.807) is 0 Å². The molecule has 1 amide bonds. The van der Waals surface area contributed by atoms with Gasteiger partial charge in [-0.25, -0.2) is 0 Å². The summed E-state index contributed by atoms with van der Waals surface area (Å²) in [6.07, 6.45) is 3.97. The van der Waals surface area contributed by atoms with Gasteiger partial charge in [-0.15, -0.1) is 0 Å². The van der Waals surface area contributed by atoms with Crippen LogP contribution in [0, 0.1) is 17.2 Å².